The first-order valence-corrected chi connectivity index (χ1v) is 6.88. The first-order chi connectivity index (χ1) is 9.58. The minimum absolute atomic E-state index is 0.0595. The Bertz CT molecular complexity index is 635. The molecule has 0 unspecified atom stereocenters. The molecule has 0 amide bonds. The fourth-order valence-electron chi connectivity index (χ4n) is 1.89. The minimum atomic E-state index is -0.484. The topological polar surface area (TPSA) is 90.0 Å². The third kappa shape index (κ3) is 2.57. The quantitative estimate of drug-likeness (QED) is 0.458. The van der Waals surface area contributed by atoms with Crippen LogP contribution in [-0.4, -0.2) is 40.5 Å². The van der Waals surface area contributed by atoms with Gasteiger partial charge in [-0.2, -0.15) is 9.38 Å². The van der Waals surface area contributed by atoms with Gasteiger partial charge in [0.2, 0.25) is 5.82 Å². The van der Waals surface area contributed by atoms with Crippen LogP contribution in [0.4, 0.5) is 11.6 Å². The van der Waals surface area contributed by atoms with Crippen LogP contribution in [0, 0.1) is 10.1 Å². The van der Waals surface area contributed by atoms with Crippen LogP contribution in [0.15, 0.2) is 11.6 Å². The Labute approximate surface area is 118 Å². The van der Waals surface area contributed by atoms with E-state index in [0.717, 1.165) is 6.42 Å². The molecule has 8 nitrogen and oxygen atoms in total. The van der Waals surface area contributed by atoms with Gasteiger partial charge in [-0.1, -0.05) is 18.3 Å². The van der Waals surface area contributed by atoms with Gasteiger partial charge < -0.3 is 19.8 Å². The highest BCUT2D eigenvalue weighted by Crippen LogP contribution is 2.31. The molecule has 2 aromatic rings. The second-order valence-corrected chi connectivity index (χ2v) is 4.94. The molecule has 0 aromatic carbocycles. The SMILES string of the molecule is CCCN(CC(=O)OC)c1nc2sccn2c1[N+](=O)[O-]. The number of esters is 1. The molecule has 0 bridgehead atoms. The van der Waals surface area contributed by atoms with Crippen LogP contribution < -0.4 is 4.90 Å². The number of carbonyl (C=O) groups is 1. The van der Waals surface area contributed by atoms with Gasteiger partial charge >= 0.3 is 11.8 Å². The van der Waals surface area contributed by atoms with E-state index >= 15 is 0 Å². The fourth-order valence-corrected chi connectivity index (χ4v) is 2.60. The Hall–Kier alpha value is -2.16. The molecule has 2 rings (SSSR count). The normalized spacial score (nSPS) is 10.7. The summed E-state index contributed by atoms with van der Waals surface area (Å²) in [6.45, 7) is 2.35. The number of hydrogen-bond donors (Lipinski definition) is 0. The first-order valence-electron chi connectivity index (χ1n) is 6.00. The summed E-state index contributed by atoms with van der Waals surface area (Å²) in [4.78, 5) is 28.6. The fraction of sp³-hybridized carbons (Fsp3) is 0.455. The summed E-state index contributed by atoms with van der Waals surface area (Å²) in [7, 11) is 1.28. The molecule has 0 N–H and O–H groups in total. The number of anilines is 1. The first kappa shape index (κ1) is 14.3. The number of rotatable bonds is 6. The van der Waals surface area contributed by atoms with Crippen molar-refractivity contribution >= 4 is 33.9 Å². The van der Waals surface area contributed by atoms with E-state index in [9.17, 15) is 14.9 Å². The summed E-state index contributed by atoms with van der Waals surface area (Å²) in [6, 6.07) is 0. The highest BCUT2D eigenvalue weighted by Gasteiger charge is 2.28. The van der Waals surface area contributed by atoms with E-state index in [1.54, 1.807) is 16.5 Å². The molecule has 0 radical (unpaired) electrons. The Morgan fingerprint density at radius 1 is 1.65 bits per heavy atom. The van der Waals surface area contributed by atoms with Crippen molar-refractivity contribution in [2.24, 2.45) is 0 Å². The van der Waals surface area contributed by atoms with Crippen molar-refractivity contribution in [3.63, 3.8) is 0 Å². The third-order valence-electron chi connectivity index (χ3n) is 2.73. The summed E-state index contributed by atoms with van der Waals surface area (Å²) in [5.74, 6) is -0.378. The largest absolute Gasteiger partial charge is 0.468 e. The van der Waals surface area contributed by atoms with Gasteiger partial charge in [-0.25, -0.2) is 0 Å². The smallest absolute Gasteiger partial charge is 0.373 e. The van der Waals surface area contributed by atoms with Gasteiger partial charge in [0.1, 0.15) is 12.7 Å². The molecule has 0 saturated heterocycles. The van der Waals surface area contributed by atoms with Crippen molar-refractivity contribution in [3.8, 4) is 0 Å². The predicted octanol–water partition coefficient (Wildman–Crippen LogP) is 1.69. The van der Waals surface area contributed by atoms with Gasteiger partial charge in [0, 0.05) is 11.9 Å². The second kappa shape index (κ2) is 5.87. The number of hydrogen-bond acceptors (Lipinski definition) is 7. The van der Waals surface area contributed by atoms with Crippen LogP contribution in [0.3, 0.4) is 0 Å². The van der Waals surface area contributed by atoms with Crippen LogP contribution in [0.25, 0.3) is 4.96 Å². The molecule has 2 heterocycles. The van der Waals surface area contributed by atoms with Crippen molar-refractivity contribution in [1.82, 2.24) is 9.38 Å². The van der Waals surface area contributed by atoms with Crippen LogP contribution in [0.1, 0.15) is 13.3 Å². The maximum Gasteiger partial charge on any atom is 0.373 e. The van der Waals surface area contributed by atoms with E-state index in [2.05, 4.69) is 9.72 Å². The van der Waals surface area contributed by atoms with Crippen molar-refractivity contribution in [3.05, 3.63) is 21.7 Å². The van der Waals surface area contributed by atoms with E-state index < -0.39 is 10.9 Å². The van der Waals surface area contributed by atoms with E-state index in [4.69, 9.17) is 0 Å². The number of aromatic nitrogens is 2. The number of ether oxygens (including phenoxy) is 1. The third-order valence-corrected chi connectivity index (χ3v) is 3.49. The lowest BCUT2D eigenvalue weighted by Gasteiger charge is -2.19. The summed E-state index contributed by atoms with van der Waals surface area (Å²) in [5.41, 5.74) is 0. The number of carbonyl (C=O) groups excluding carboxylic acids is 1. The number of nitro groups is 1. The predicted molar refractivity (Wildman–Crippen MR) is 74.2 cm³/mol. The highest BCUT2D eigenvalue weighted by atomic mass is 32.1. The Morgan fingerprint density at radius 3 is 3.00 bits per heavy atom. The molecule has 0 fully saturated rings. The molecular weight excluding hydrogens is 284 g/mol. The number of thiazole rings is 1. The maximum atomic E-state index is 11.4. The maximum absolute atomic E-state index is 11.4. The molecule has 9 heteroatoms. The lowest BCUT2D eigenvalue weighted by Crippen LogP contribution is -2.32. The van der Waals surface area contributed by atoms with Crippen LogP contribution in [0.2, 0.25) is 0 Å². The van der Waals surface area contributed by atoms with Gasteiger partial charge in [-0.15, -0.1) is 0 Å². The number of nitrogens with zero attached hydrogens (tertiary/aromatic N) is 4. The zero-order valence-electron chi connectivity index (χ0n) is 11.1. The van der Waals surface area contributed by atoms with Gasteiger partial charge in [0.15, 0.2) is 0 Å². The summed E-state index contributed by atoms with van der Waals surface area (Å²) in [5, 5.41) is 13.0. The van der Waals surface area contributed by atoms with Crippen molar-refractivity contribution < 1.29 is 14.5 Å². The summed E-state index contributed by atoms with van der Waals surface area (Å²) in [6.07, 6.45) is 2.33. The van der Waals surface area contributed by atoms with E-state index in [-0.39, 0.29) is 18.2 Å². The number of fused-ring (bicyclic) bond motifs is 1. The Kier molecular flexibility index (Phi) is 4.18. The molecule has 0 atom stereocenters. The average molecular weight is 298 g/mol. The monoisotopic (exact) mass is 298 g/mol. The van der Waals surface area contributed by atoms with Crippen molar-refractivity contribution in [2.75, 3.05) is 25.1 Å². The number of methoxy groups -OCH3 is 1. The number of imidazole rings is 1. The van der Waals surface area contributed by atoms with Gasteiger partial charge in [-0.3, -0.25) is 4.79 Å². The van der Waals surface area contributed by atoms with Crippen molar-refractivity contribution in [1.29, 1.82) is 0 Å². The molecule has 0 spiro atoms. The standard InChI is InChI=1S/C11H14N4O4S/c1-3-4-13(7-8(16)19-2)9-10(15(17)18)14-5-6-20-11(14)12-9/h5-6H,3-4,7H2,1-2H3. The summed E-state index contributed by atoms with van der Waals surface area (Å²) < 4.78 is 6.04. The molecule has 108 valence electrons. The lowest BCUT2D eigenvalue weighted by atomic mass is 10.4. The second-order valence-electron chi connectivity index (χ2n) is 4.07. The van der Waals surface area contributed by atoms with E-state index in [1.807, 2.05) is 6.92 Å². The molecule has 0 aliphatic heterocycles. The van der Waals surface area contributed by atoms with Crippen LogP contribution in [-0.2, 0) is 9.53 Å². The molecule has 20 heavy (non-hydrogen) atoms. The van der Waals surface area contributed by atoms with E-state index in [0.29, 0.717) is 11.5 Å². The molecule has 0 saturated carbocycles. The van der Waals surface area contributed by atoms with E-state index in [1.165, 1.54) is 22.8 Å². The Morgan fingerprint density at radius 2 is 2.40 bits per heavy atom. The molecular formula is C11H14N4O4S. The zero-order chi connectivity index (χ0) is 14.7. The molecule has 0 aliphatic rings. The summed E-state index contributed by atoms with van der Waals surface area (Å²) >= 11 is 1.30. The van der Waals surface area contributed by atoms with Crippen LogP contribution in [0.5, 0.6) is 0 Å². The lowest BCUT2D eigenvalue weighted by molar-refractivity contribution is -0.389. The van der Waals surface area contributed by atoms with Gasteiger partial charge in [-0.05, 0) is 11.3 Å². The molecule has 2 aromatic heterocycles. The zero-order valence-corrected chi connectivity index (χ0v) is 11.9. The minimum Gasteiger partial charge on any atom is -0.468 e. The van der Waals surface area contributed by atoms with Crippen molar-refractivity contribution in [2.45, 2.75) is 13.3 Å². The van der Waals surface area contributed by atoms with Gasteiger partial charge in [0.05, 0.1) is 7.11 Å². The average Bonchev–Trinajstić information content (AvgIpc) is 2.97. The molecule has 0 aliphatic carbocycles. The Balaban J connectivity index is 2.46. The van der Waals surface area contributed by atoms with Crippen LogP contribution >= 0.6 is 11.3 Å². The highest BCUT2D eigenvalue weighted by molar-refractivity contribution is 7.15. The van der Waals surface area contributed by atoms with Gasteiger partial charge in [0.25, 0.3) is 4.96 Å².